The van der Waals surface area contributed by atoms with Crippen molar-refractivity contribution < 1.29 is 9.53 Å². The molecule has 1 aliphatic rings. The molecule has 1 saturated heterocycles. The maximum Gasteiger partial charge on any atom is 0.150 e. The predicted octanol–water partition coefficient (Wildman–Crippen LogP) is 2.17. The zero-order valence-corrected chi connectivity index (χ0v) is 11.8. The van der Waals surface area contributed by atoms with E-state index in [1.165, 1.54) is 0 Å². The normalized spacial score (nSPS) is 20.4. The van der Waals surface area contributed by atoms with Crippen LogP contribution in [-0.4, -0.2) is 48.1 Å². The molecule has 0 bridgehead atoms. The van der Waals surface area contributed by atoms with E-state index in [1.54, 1.807) is 0 Å². The number of hydrogen-bond acceptors (Lipinski definition) is 3. The number of likely N-dealkylation sites (N-methyl/N-ethyl adjacent to an activating group) is 1. The fourth-order valence-corrected chi connectivity index (χ4v) is 2.85. The van der Waals surface area contributed by atoms with Crippen LogP contribution in [0.1, 0.15) is 17.3 Å². The van der Waals surface area contributed by atoms with Crippen LogP contribution >= 0.6 is 0 Å². The summed E-state index contributed by atoms with van der Waals surface area (Å²) in [5.41, 5.74) is 1.88. The zero-order chi connectivity index (χ0) is 13.9. The van der Waals surface area contributed by atoms with Gasteiger partial charge in [-0.25, -0.2) is 0 Å². The van der Waals surface area contributed by atoms with Crippen LogP contribution in [0.25, 0.3) is 10.9 Å². The number of rotatable bonds is 4. The first-order chi connectivity index (χ1) is 9.80. The van der Waals surface area contributed by atoms with E-state index >= 15 is 0 Å². The van der Waals surface area contributed by atoms with E-state index in [-0.39, 0.29) is 6.10 Å². The molecular weight excluding hydrogens is 252 g/mol. The lowest BCUT2D eigenvalue weighted by Crippen LogP contribution is -2.43. The van der Waals surface area contributed by atoms with Crippen molar-refractivity contribution in [1.82, 2.24) is 9.47 Å². The Balaban J connectivity index is 1.79. The maximum absolute atomic E-state index is 10.8. The van der Waals surface area contributed by atoms with Crippen LogP contribution in [0, 0.1) is 0 Å². The Morgan fingerprint density at radius 3 is 3.10 bits per heavy atom. The number of aromatic nitrogens is 1. The molecule has 1 fully saturated rings. The highest BCUT2D eigenvalue weighted by Gasteiger charge is 2.19. The van der Waals surface area contributed by atoms with Crippen LogP contribution < -0.4 is 0 Å². The number of carbonyl (C=O) groups is 1. The van der Waals surface area contributed by atoms with Crippen LogP contribution in [0.2, 0.25) is 0 Å². The Labute approximate surface area is 118 Å². The van der Waals surface area contributed by atoms with Crippen LogP contribution in [0.3, 0.4) is 0 Å². The number of fused-ring (bicyclic) bond motifs is 1. The second-order valence-electron chi connectivity index (χ2n) is 5.29. The predicted molar refractivity (Wildman–Crippen MR) is 79.2 cm³/mol. The number of benzene rings is 1. The van der Waals surface area contributed by atoms with Crippen molar-refractivity contribution in [2.45, 2.75) is 19.6 Å². The molecule has 2 aromatic rings. The highest BCUT2D eigenvalue weighted by atomic mass is 16.5. The zero-order valence-electron chi connectivity index (χ0n) is 11.8. The molecule has 106 valence electrons. The van der Waals surface area contributed by atoms with E-state index < -0.39 is 0 Å². The molecule has 1 aliphatic heterocycles. The highest BCUT2D eigenvalue weighted by Crippen LogP contribution is 2.18. The Bertz CT molecular complexity index is 606. The number of ether oxygens (including phenoxy) is 1. The fourth-order valence-electron chi connectivity index (χ4n) is 2.85. The maximum atomic E-state index is 10.8. The van der Waals surface area contributed by atoms with Crippen molar-refractivity contribution >= 4 is 17.2 Å². The number of aldehydes is 1. The number of carbonyl (C=O) groups excluding carboxylic acids is 1. The van der Waals surface area contributed by atoms with Gasteiger partial charge in [0.15, 0.2) is 0 Å². The lowest BCUT2D eigenvalue weighted by Gasteiger charge is -2.32. The Morgan fingerprint density at radius 2 is 2.30 bits per heavy atom. The van der Waals surface area contributed by atoms with Crippen LogP contribution in [0.5, 0.6) is 0 Å². The molecule has 1 aromatic carbocycles. The van der Waals surface area contributed by atoms with Crippen molar-refractivity contribution in [3.63, 3.8) is 0 Å². The van der Waals surface area contributed by atoms with Gasteiger partial charge in [-0.15, -0.1) is 0 Å². The van der Waals surface area contributed by atoms with Gasteiger partial charge in [0.25, 0.3) is 0 Å². The molecule has 20 heavy (non-hydrogen) atoms. The first-order valence-corrected chi connectivity index (χ1v) is 7.18. The van der Waals surface area contributed by atoms with Crippen molar-refractivity contribution in [2.24, 2.45) is 0 Å². The van der Waals surface area contributed by atoms with E-state index in [2.05, 4.69) is 28.7 Å². The molecular formula is C16H20N2O2. The van der Waals surface area contributed by atoms with Gasteiger partial charge in [0.1, 0.15) is 6.29 Å². The number of nitrogens with zero attached hydrogens (tertiary/aromatic N) is 2. The van der Waals surface area contributed by atoms with Gasteiger partial charge in [-0.2, -0.15) is 0 Å². The third-order valence-electron chi connectivity index (χ3n) is 4.00. The average Bonchev–Trinajstić information content (AvgIpc) is 2.89. The molecule has 2 heterocycles. The molecule has 1 unspecified atom stereocenters. The van der Waals surface area contributed by atoms with Gasteiger partial charge in [-0.05, 0) is 30.8 Å². The van der Waals surface area contributed by atoms with Gasteiger partial charge in [0.2, 0.25) is 0 Å². The van der Waals surface area contributed by atoms with E-state index in [1.807, 2.05) is 18.2 Å². The summed E-state index contributed by atoms with van der Waals surface area (Å²) in [6, 6.07) is 7.87. The summed E-state index contributed by atoms with van der Waals surface area (Å²) in [4.78, 5) is 13.2. The summed E-state index contributed by atoms with van der Waals surface area (Å²) in [6.45, 7) is 6.96. The summed E-state index contributed by atoms with van der Waals surface area (Å²) in [5, 5.41) is 1.11. The number of morpholine rings is 1. The molecule has 1 atom stereocenters. The smallest absolute Gasteiger partial charge is 0.150 e. The first kappa shape index (κ1) is 13.3. The average molecular weight is 272 g/mol. The summed E-state index contributed by atoms with van der Waals surface area (Å²) in [7, 11) is 0. The minimum Gasteiger partial charge on any atom is -0.374 e. The minimum absolute atomic E-state index is 0.241. The standard InChI is InChI=1S/C16H20N2O2/c1-2-17-7-8-20-15(10-17)11-18-6-5-14-9-13(12-19)3-4-16(14)18/h3-6,9,12,15H,2,7-8,10-11H2,1H3. The molecule has 0 amide bonds. The van der Waals surface area contributed by atoms with Gasteiger partial charge in [0.05, 0.1) is 19.3 Å². The third-order valence-corrected chi connectivity index (χ3v) is 4.00. The van der Waals surface area contributed by atoms with Crippen LogP contribution in [0.4, 0.5) is 0 Å². The van der Waals surface area contributed by atoms with Gasteiger partial charge >= 0.3 is 0 Å². The van der Waals surface area contributed by atoms with E-state index in [0.29, 0.717) is 0 Å². The second-order valence-corrected chi connectivity index (χ2v) is 5.29. The molecule has 0 radical (unpaired) electrons. The summed E-state index contributed by atoms with van der Waals surface area (Å²) in [6.07, 6.45) is 3.21. The molecule has 4 heteroatoms. The summed E-state index contributed by atoms with van der Waals surface area (Å²) >= 11 is 0. The topological polar surface area (TPSA) is 34.5 Å². The lowest BCUT2D eigenvalue weighted by atomic mass is 10.2. The van der Waals surface area contributed by atoms with E-state index in [0.717, 1.165) is 55.5 Å². The van der Waals surface area contributed by atoms with E-state index in [9.17, 15) is 4.79 Å². The summed E-state index contributed by atoms with van der Waals surface area (Å²) in [5.74, 6) is 0. The molecule has 3 rings (SSSR count). The van der Waals surface area contributed by atoms with Crippen molar-refractivity contribution in [3.8, 4) is 0 Å². The molecule has 0 saturated carbocycles. The van der Waals surface area contributed by atoms with Crippen molar-refractivity contribution in [3.05, 3.63) is 36.0 Å². The Hall–Kier alpha value is -1.65. The molecule has 0 N–H and O–H groups in total. The van der Waals surface area contributed by atoms with Gasteiger partial charge in [-0.1, -0.05) is 6.92 Å². The van der Waals surface area contributed by atoms with Crippen molar-refractivity contribution in [2.75, 3.05) is 26.2 Å². The van der Waals surface area contributed by atoms with Gasteiger partial charge in [-0.3, -0.25) is 9.69 Å². The Morgan fingerprint density at radius 1 is 1.40 bits per heavy atom. The van der Waals surface area contributed by atoms with Crippen LogP contribution in [0.15, 0.2) is 30.5 Å². The van der Waals surface area contributed by atoms with E-state index in [4.69, 9.17) is 4.74 Å². The lowest BCUT2D eigenvalue weighted by molar-refractivity contribution is -0.0337. The van der Waals surface area contributed by atoms with Crippen molar-refractivity contribution in [1.29, 1.82) is 0 Å². The second kappa shape index (κ2) is 5.77. The monoisotopic (exact) mass is 272 g/mol. The molecule has 1 aromatic heterocycles. The number of hydrogen-bond donors (Lipinski definition) is 0. The van der Waals surface area contributed by atoms with Gasteiger partial charge < -0.3 is 9.30 Å². The summed E-state index contributed by atoms with van der Waals surface area (Å²) < 4.78 is 8.07. The largest absolute Gasteiger partial charge is 0.374 e. The highest BCUT2D eigenvalue weighted by molar-refractivity contribution is 5.87. The quantitative estimate of drug-likeness (QED) is 0.800. The SMILES string of the molecule is CCN1CCOC(Cn2ccc3cc(C=O)ccc32)C1. The van der Waals surface area contributed by atoms with Gasteiger partial charge in [0, 0.05) is 35.8 Å². The minimum atomic E-state index is 0.241. The third kappa shape index (κ3) is 2.62. The molecule has 4 nitrogen and oxygen atoms in total. The Kier molecular flexibility index (Phi) is 3.85. The molecule has 0 spiro atoms. The first-order valence-electron chi connectivity index (χ1n) is 7.18. The van der Waals surface area contributed by atoms with Crippen LogP contribution in [-0.2, 0) is 11.3 Å². The fraction of sp³-hybridized carbons (Fsp3) is 0.438. The molecule has 0 aliphatic carbocycles.